The molecule has 3 rings (SSSR count). The topological polar surface area (TPSA) is 56.1 Å². The molecule has 0 radical (unpaired) electrons. The van der Waals surface area contributed by atoms with E-state index < -0.39 is 0 Å². The predicted octanol–water partition coefficient (Wildman–Crippen LogP) is 4.02. The molecule has 2 heterocycles. The van der Waals surface area contributed by atoms with Gasteiger partial charge in [-0.1, -0.05) is 23.7 Å². The molecule has 0 aliphatic carbocycles. The number of halogens is 1. The van der Waals surface area contributed by atoms with Gasteiger partial charge < -0.3 is 10.1 Å². The Balaban J connectivity index is 1.93. The van der Waals surface area contributed by atoms with Crippen molar-refractivity contribution in [2.75, 3.05) is 20.3 Å². The number of hydrogen-bond donors (Lipinski definition) is 1. The Bertz CT molecular complexity index is 846. The van der Waals surface area contributed by atoms with Gasteiger partial charge in [-0.15, -0.1) is 11.3 Å². The summed E-state index contributed by atoms with van der Waals surface area (Å²) in [7, 11) is 1.64. The van der Waals surface area contributed by atoms with Gasteiger partial charge in [-0.05, 0) is 42.1 Å². The van der Waals surface area contributed by atoms with Crippen molar-refractivity contribution in [2.24, 2.45) is 0 Å². The van der Waals surface area contributed by atoms with E-state index in [9.17, 15) is 4.79 Å². The van der Waals surface area contributed by atoms with E-state index in [-0.39, 0.29) is 5.91 Å². The van der Waals surface area contributed by atoms with Gasteiger partial charge in [-0.2, -0.15) is 5.10 Å². The average molecular weight is 376 g/mol. The van der Waals surface area contributed by atoms with Crippen LogP contribution in [0.3, 0.4) is 0 Å². The van der Waals surface area contributed by atoms with Crippen LogP contribution < -0.4 is 5.32 Å². The van der Waals surface area contributed by atoms with Gasteiger partial charge in [-0.25, -0.2) is 4.68 Å². The minimum Gasteiger partial charge on any atom is -0.385 e. The molecule has 3 aromatic rings. The third-order valence-electron chi connectivity index (χ3n) is 3.58. The lowest BCUT2D eigenvalue weighted by Crippen LogP contribution is -2.27. The van der Waals surface area contributed by atoms with E-state index >= 15 is 0 Å². The van der Waals surface area contributed by atoms with Crippen molar-refractivity contribution < 1.29 is 9.53 Å². The zero-order valence-electron chi connectivity index (χ0n) is 13.7. The van der Waals surface area contributed by atoms with E-state index in [1.807, 2.05) is 29.6 Å². The van der Waals surface area contributed by atoms with Crippen LogP contribution in [-0.2, 0) is 4.74 Å². The molecule has 25 heavy (non-hydrogen) atoms. The fourth-order valence-corrected chi connectivity index (χ4v) is 3.27. The second kappa shape index (κ2) is 8.29. The number of methoxy groups -OCH3 is 1. The Hall–Kier alpha value is -2.15. The van der Waals surface area contributed by atoms with Crippen LogP contribution in [0.2, 0.25) is 5.02 Å². The van der Waals surface area contributed by atoms with E-state index in [1.54, 1.807) is 41.3 Å². The molecule has 2 aromatic heterocycles. The van der Waals surface area contributed by atoms with Gasteiger partial charge in [0.15, 0.2) is 0 Å². The average Bonchev–Trinajstić information content (AvgIpc) is 3.27. The molecule has 0 saturated carbocycles. The molecule has 0 spiro atoms. The normalized spacial score (nSPS) is 10.8. The number of hydrogen-bond acceptors (Lipinski definition) is 4. The maximum atomic E-state index is 12.6. The van der Waals surface area contributed by atoms with Crippen molar-refractivity contribution >= 4 is 28.8 Å². The summed E-state index contributed by atoms with van der Waals surface area (Å²) in [5.41, 5.74) is 1.98. The first kappa shape index (κ1) is 17.7. The third-order valence-corrected chi connectivity index (χ3v) is 4.71. The largest absolute Gasteiger partial charge is 0.385 e. The number of thiophene rings is 1. The second-order valence-electron chi connectivity index (χ2n) is 5.39. The fraction of sp³-hybridized carbons (Fsp3) is 0.222. The van der Waals surface area contributed by atoms with E-state index in [4.69, 9.17) is 16.3 Å². The monoisotopic (exact) mass is 375 g/mol. The first-order valence-electron chi connectivity index (χ1n) is 7.86. The number of benzene rings is 1. The van der Waals surface area contributed by atoms with Crippen LogP contribution in [-0.4, -0.2) is 35.9 Å². The Morgan fingerprint density at radius 3 is 2.92 bits per heavy atom. The van der Waals surface area contributed by atoms with Crippen molar-refractivity contribution in [3.63, 3.8) is 0 Å². The fourth-order valence-electron chi connectivity index (χ4n) is 2.40. The standard InChI is InChI=1S/C18H18ClN3O2S/c1-24-9-4-8-20-18(23)16-12-15(17-7-3-10-25-17)21-22(16)14-6-2-5-13(19)11-14/h2-3,5-7,10-12H,4,8-9H2,1H3,(H,20,23). The molecule has 5 nitrogen and oxygen atoms in total. The lowest BCUT2D eigenvalue weighted by molar-refractivity contribution is 0.0941. The highest BCUT2D eigenvalue weighted by atomic mass is 35.5. The summed E-state index contributed by atoms with van der Waals surface area (Å²) in [5.74, 6) is -0.175. The van der Waals surface area contributed by atoms with E-state index in [0.717, 1.165) is 22.7 Å². The Labute approximate surface area is 155 Å². The highest BCUT2D eigenvalue weighted by molar-refractivity contribution is 7.13. The molecular weight excluding hydrogens is 358 g/mol. The summed E-state index contributed by atoms with van der Waals surface area (Å²) in [5, 5.41) is 10.1. The number of nitrogens with one attached hydrogen (secondary N) is 1. The summed E-state index contributed by atoms with van der Waals surface area (Å²) < 4.78 is 6.64. The van der Waals surface area contributed by atoms with Crippen molar-refractivity contribution in [1.29, 1.82) is 0 Å². The lowest BCUT2D eigenvalue weighted by atomic mass is 10.2. The van der Waals surface area contributed by atoms with Crippen LogP contribution in [0.4, 0.5) is 0 Å². The first-order chi connectivity index (χ1) is 12.2. The van der Waals surface area contributed by atoms with Crippen LogP contribution in [0.25, 0.3) is 16.3 Å². The Morgan fingerprint density at radius 2 is 2.20 bits per heavy atom. The van der Waals surface area contributed by atoms with Crippen LogP contribution in [0.15, 0.2) is 47.8 Å². The lowest BCUT2D eigenvalue weighted by Gasteiger charge is -2.08. The number of carbonyl (C=O) groups is 1. The van der Waals surface area contributed by atoms with Crippen molar-refractivity contribution in [3.05, 3.63) is 58.6 Å². The van der Waals surface area contributed by atoms with Gasteiger partial charge in [0.05, 0.1) is 10.6 Å². The van der Waals surface area contributed by atoms with Crippen molar-refractivity contribution in [2.45, 2.75) is 6.42 Å². The minimum atomic E-state index is -0.175. The predicted molar refractivity (Wildman–Crippen MR) is 101 cm³/mol. The molecule has 1 aromatic carbocycles. The van der Waals surface area contributed by atoms with Gasteiger partial charge in [-0.3, -0.25) is 4.79 Å². The molecule has 0 atom stereocenters. The molecule has 0 bridgehead atoms. The molecule has 0 aliphatic rings. The minimum absolute atomic E-state index is 0.175. The number of amides is 1. The number of ether oxygens (including phenoxy) is 1. The van der Waals surface area contributed by atoms with Gasteiger partial charge in [0.1, 0.15) is 11.4 Å². The Morgan fingerprint density at radius 1 is 1.32 bits per heavy atom. The zero-order chi connectivity index (χ0) is 17.6. The molecule has 0 fully saturated rings. The van der Waals surface area contributed by atoms with Crippen molar-refractivity contribution in [3.8, 4) is 16.3 Å². The molecular formula is C18H18ClN3O2S. The molecule has 1 N–H and O–H groups in total. The molecule has 0 unspecified atom stereocenters. The summed E-state index contributed by atoms with van der Waals surface area (Å²) in [4.78, 5) is 13.6. The van der Waals surface area contributed by atoms with Gasteiger partial charge in [0.25, 0.3) is 5.91 Å². The maximum absolute atomic E-state index is 12.6. The smallest absolute Gasteiger partial charge is 0.270 e. The van der Waals surface area contributed by atoms with Crippen molar-refractivity contribution in [1.82, 2.24) is 15.1 Å². The SMILES string of the molecule is COCCCNC(=O)c1cc(-c2cccs2)nn1-c1cccc(Cl)c1. The third kappa shape index (κ3) is 4.28. The number of carbonyl (C=O) groups excluding carboxylic acids is 1. The van der Waals surface area contributed by atoms with Gasteiger partial charge in [0.2, 0.25) is 0 Å². The molecule has 1 amide bonds. The second-order valence-corrected chi connectivity index (χ2v) is 6.77. The van der Waals surface area contributed by atoms with Crippen LogP contribution >= 0.6 is 22.9 Å². The molecule has 130 valence electrons. The summed E-state index contributed by atoms with van der Waals surface area (Å²) in [6.07, 6.45) is 0.755. The van der Waals surface area contributed by atoms with Crippen LogP contribution in [0.5, 0.6) is 0 Å². The molecule has 0 saturated heterocycles. The van der Waals surface area contributed by atoms with Crippen LogP contribution in [0, 0.1) is 0 Å². The van der Waals surface area contributed by atoms with Crippen LogP contribution in [0.1, 0.15) is 16.9 Å². The van der Waals surface area contributed by atoms with Gasteiger partial charge in [0, 0.05) is 25.3 Å². The molecule has 0 aliphatic heterocycles. The molecule has 7 heteroatoms. The first-order valence-corrected chi connectivity index (χ1v) is 9.12. The highest BCUT2D eigenvalue weighted by Crippen LogP contribution is 2.26. The maximum Gasteiger partial charge on any atom is 0.270 e. The Kier molecular flexibility index (Phi) is 5.86. The number of nitrogens with zero attached hydrogens (tertiary/aromatic N) is 2. The summed E-state index contributed by atoms with van der Waals surface area (Å²) in [6.45, 7) is 1.15. The summed E-state index contributed by atoms with van der Waals surface area (Å²) in [6, 6.07) is 13.0. The highest BCUT2D eigenvalue weighted by Gasteiger charge is 2.18. The number of aromatic nitrogens is 2. The van der Waals surface area contributed by atoms with E-state index in [2.05, 4.69) is 10.4 Å². The summed E-state index contributed by atoms with van der Waals surface area (Å²) >= 11 is 7.68. The van der Waals surface area contributed by atoms with E-state index in [0.29, 0.717) is 23.9 Å². The number of rotatable bonds is 7. The van der Waals surface area contributed by atoms with E-state index in [1.165, 1.54) is 0 Å². The quantitative estimate of drug-likeness (QED) is 0.634. The zero-order valence-corrected chi connectivity index (χ0v) is 15.3. The van der Waals surface area contributed by atoms with Gasteiger partial charge >= 0.3 is 0 Å².